The number of alkyl halides is 3. The van der Waals surface area contributed by atoms with Crippen LogP contribution in [0.4, 0.5) is 17.6 Å². The van der Waals surface area contributed by atoms with E-state index >= 15 is 0 Å². The molecule has 4 nitrogen and oxygen atoms in total. The zero-order chi connectivity index (χ0) is 18.0. The molecule has 24 heavy (non-hydrogen) atoms. The van der Waals surface area contributed by atoms with Gasteiger partial charge in [0.1, 0.15) is 5.82 Å². The van der Waals surface area contributed by atoms with E-state index in [-0.39, 0.29) is 13.1 Å². The van der Waals surface area contributed by atoms with Crippen molar-refractivity contribution in [1.82, 2.24) is 9.62 Å². The Morgan fingerprint density at radius 1 is 1.25 bits per heavy atom. The van der Waals surface area contributed by atoms with E-state index in [9.17, 15) is 26.0 Å². The third kappa shape index (κ3) is 4.25. The Hall–Kier alpha value is -1.19. The normalized spacial score (nSPS) is 18.0. The molecule has 1 aromatic rings. The number of sulfonamides is 1. The first kappa shape index (κ1) is 19.1. The van der Waals surface area contributed by atoms with Crippen molar-refractivity contribution in [3.63, 3.8) is 0 Å². The summed E-state index contributed by atoms with van der Waals surface area (Å²) in [5.41, 5.74) is -1.56. The van der Waals surface area contributed by atoms with Crippen molar-refractivity contribution >= 4 is 10.0 Å². The van der Waals surface area contributed by atoms with Gasteiger partial charge in [-0.3, -0.25) is 0 Å². The van der Waals surface area contributed by atoms with E-state index in [0.717, 1.165) is 19.2 Å². The van der Waals surface area contributed by atoms with Crippen LogP contribution in [-0.2, 0) is 16.2 Å². The first-order valence-electron chi connectivity index (χ1n) is 7.74. The second-order valence-electron chi connectivity index (χ2n) is 5.79. The lowest BCUT2D eigenvalue weighted by atomic mass is 9.98. The molecule has 1 saturated heterocycles. The number of halogens is 4. The number of piperidine rings is 1. The van der Waals surface area contributed by atoms with Crippen LogP contribution in [0.5, 0.6) is 0 Å². The summed E-state index contributed by atoms with van der Waals surface area (Å²) < 4.78 is 77.9. The van der Waals surface area contributed by atoms with E-state index in [4.69, 9.17) is 0 Å². The first-order valence-corrected chi connectivity index (χ1v) is 9.18. The van der Waals surface area contributed by atoms with Gasteiger partial charge in [0.05, 0.1) is 10.5 Å². The minimum absolute atomic E-state index is 0.247. The zero-order valence-electron chi connectivity index (χ0n) is 13.2. The largest absolute Gasteiger partial charge is 0.419 e. The van der Waals surface area contributed by atoms with Gasteiger partial charge in [-0.15, -0.1) is 0 Å². The van der Waals surface area contributed by atoms with Crippen molar-refractivity contribution in [2.24, 2.45) is 5.92 Å². The summed E-state index contributed by atoms with van der Waals surface area (Å²) in [7, 11) is -4.06. The van der Waals surface area contributed by atoms with Gasteiger partial charge in [0.25, 0.3) is 0 Å². The highest BCUT2D eigenvalue weighted by Gasteiger charge is 2.36. The quantitative estimate of drug-likeness (QED) is 0.813. The fourth-order valence-corrected chi connectivity index (χ4v) is 4.23. The second kappa shape index (κ2) is 7.37. The molecule has 2 rings (SSSR count). The van der Waals surface area contributed by atoms with Crippen molar-refractivity contribution < 1.29 is 26.0 Å². The van der Waals surface area contributed by atoms with Crippen LogP contribution in [0.3, 0.4) is 0 Å². The molecule has 1 fully saturated rings. The minimum atomic E-state index is -4.94. The average molecular weight is 368 g/mol. The molecular weight excluding hydrogens is 348 g/mol. The van der Waals surface area contributed by atoms with Gasteiger partial charge in [-0.25, -0.2) is 12.8 Å². The Morgan fingerprint density at radius 2 is 1.88 bits per heavy atom. The molecule has 0 spiro atoms. The first-order chi connectivity index (χ1) is 11.2. The van der Waals surface area contributed by atoms with Gasteiger partial charge >= 0.3 is 6.18 Å². The summed E-state index contributed by atoms with van der Waals surface area (Å²) >= 11 is 0. The number of hydrogen-bond donors (Lipinski definition) is 1. The number of nitrogens with one attached hydrogen (secondary N) is 1. The molecule has 0 atom stereocenters. The molecule has 1 aliphatic heterocycles. The molecular formula is C15H20F4N2O2S. The molecule has 1 aromatic carbocycles. The molecule has 0 radical (unpaired) electrons. The maximum atomic E-state index is 13.3. The second-order valence-corrected chi connectivity index (χ2v) is 7.73. The lowest BCUT2D eigenvalue weighted by Crippen LogP contribution is -2.40. The molecule has 1 N–H and O–H groups in total. The Balaban J connectivity index is 2.17. The average Bonchev–Trinajstić information content (AvgIpc) is 2.52. The van der Waals surface area contributed by atoms with Crippen LogP contribution in [0, 0.1) is 11.7 Å². The lowest BCUT2D eigenvalue weighted by molar-refractivity contribution is -0.140. The topological polar surface area (TPSA) is 49.4 Å². The predicted octanol–water partition coefficient (Wildman–Crippen LogP) is 2.85. The number of rotatable bonds is 5. The van der Waals surface area contributed by atoms with Gasteiger partial charge in [-0.1, -0.05) is 6.92 Å². The molecule has 0 aromatic heterocycles. The van der Waals surface area contributed by atoms with Crippen molar-refractivity contribution in [2.75, 3.05) is 26.2 Å². The SMILES string of the molecule is CCNCC1CCN(S(=O)(=O)c2ccc(F)c(C(F)(F)F)c2)CC1. The van der Waals surface area contributed by atoms with E-state index in [1.54, 1.807) is 0 Å². The van der Waals surface area contributed by atoms with Gasteiger partial charge in [-0.2, -0.15) is 17.5 Å². The van der Waals surface area contributed by atoms with E-state index in [2.05, 4.69) is 5.32 Å². The predicted molar refractivity (Wildman–Crippen MR) is 81.4 cm³/mol. The molecule has 0 bridgehead atoms. The van der Waals surface area contributed by atoms with E-state index < -0.39 is 32.5 Å². The van der Waals surface area contributed by atoms with Crippen LogP contribution >= 0.6 is 0 Å². The Bertz CT molecular complexity index is 669. The fraction of sp³-hybridized carbons (Fsp3) is 0.600. The van der Waals surface area contributed by atoms with Gasteiger partial charge in [0, 0.05) is 13.1 Å². The highest BCUT2D eigenvalue weighted by Crippen LogP contribution is 2.34. The molecule has 1 aliphatic rings. The Kier molecular flexibility index (Phi) is 5.87. The molecule has 9 heteroatoms. The number of benzene rings is 1. The monoisotopic (exact) mass is 368 g/mol. The maximum absolute atomic E-state index is 13.3. The van der Waals surface area contributed by atoms with Crippen molar-refractivity contribution in [3.05, 3.63) is 29.6 Å². The standard InChI is InChI=1S/C15H20F4N2O2S/c1-2-20-10-11-5-7-21(8-6-11)24(22,23)12-3-4-14(16)13(9-12)15(17,18)19/h3-4,9,11,20H,2,5-8,10H2,1H3. The molecule has 0 amide bonds. The summed E-state index contributed by atoms with van der Waals surface area (Å²) in [5, 5.41) is 3.20. The summed E-state index contributed by atoms with van der Waals surface area (Å²) in [6.45, 7) is 4.09. The summed E-state index contributed by atoms with van der Waals surface area (Å²) in [4.78, 5) is -0.527. The number of nitrogens with zero attached hydrogens (tertiary/aromatic N) is 1. The Labute approximate surface area is 138 Å². The van der Waals surface area contributed by atoms with Gasteiger partial charge in [-0.05, 0) is 50.0 Å². The van der Waals surface area contributed by atoms with Crippen LogP contribution in [0.2, 0.25) is 0 Å². The summed E-state index contributed by atoms with van der Waals surface area (Å²) in [6, 6.07) is 1.80. The van der Waals surface area contributed by atoms with E-state index in [1.165, 1.54) is 4.31 Å². The summed E-state index contributed by atoms with van der Waals surface area (Å²) in [6.07, 6.45) is -3.66. The molecule has 0 saturated carbocycles. The van der Waals surface area contributed by atoms with E-state index in [1.807, 2.05) is 6.92 Å². The fourth-order valence-electron chi connectivity index (χ4n) is 2.73. The highest BCUT2D eigenvalue weighted by atomic mass is 32.2. The van der Waals surface area contributed by atoms with Gasteiger partial charge in [0.15, 0.2) is 0 Å². The molecule has 0 unspecified atom stereocenters. The maximum Gasteiger partial charge on any atom is 0.419 e. The van der Waals surface area contributed by atoms with Crippen molar-refractivity contribution in [2.45, 2.75) is 30.8 Å². The van der Waals surface area contributed by atoms with Crippen LogP contribution in [-0.4, -0.2) is 38.9 Å². The van der Waals surface area contributed by atoms with Crippen molar-refractivity contribution in [1.29, 1.82) is 0 Å². The third-order valence-electron chi connectivity index (χ3n) is 4.14. The highest BCUT2D eigenvalue weighted by molar-refractivity contribution is 7.89. The molecule has 136 valence electrons. The van der Waals surface area contributed by atoms with Crippen LogP contribution in [0.1, 0.15) is 25.3 Å². The zero-order valence-corrected chi connectivity index (χ0v) is 14.1. The third-order valence-corrected chi connectivity index (χ3v) is 6.03. The van der Waals surface area contributed by atoms with Gasteiger partial charge < -0.3 is 5.32 Å². The van der Waals surface area contributed by atoms with Crippen LogP contribution in [0.25, 0.3) is 0 Å². The molecule has 0 aliphatic carbocycles. The van der Waals surface area contributed by atoms with Crippen LogP contribution < -0.4 is 5.32 Å². The van der Waals surface area contributed by atoms with E-state index in [0.29, 0.717) is 30.9 Å². The van der Waals surface area contributed by atoms with Crippen LogP contribution in [0.15, 0.2) is 23.1 Å². The smallest absolute Gasteiger partial charge is 0.317 e. The molecule has 1 heterocycles. The number of hydrogen-bond acceptors (Lipinski definition) is 3. The Morgan fingerprint density at radius 3 is 2.42 bits per heavy atom. The van der Waals surface area contributed by atoms with Crippen molar-refractivity contribution in [3.8, 4) is 0 Å². The lowest BCUT2D eigenvalue weighted by Gasteiger charge is -2.31. The summed E-state index contributed by atoms with van der Waals surface area (Å²) in [5.74, 6) is -1.14. The van der Waals surface area contributed by atoms with Gasteiger partial charge in [0.2, 0.25) is 10.0 Å². The minimum Gasteiger partial charge on any atom is -0.317 e.